The number of rotatable bonds is 7. The van der Waals surface area contributed by atoms with Crippen molar-refractivity contribution in [3.8, 4) is 0 Å². The summed E-state index contributed by atoms with van der Waals surface area (Å²) in [4.78, 5) is 12.8. The van der Waals surface area contributed by atoms with E-state index < -0.39 is 0 Å². The zero-order valence-electron chi connectivity index (χ0n) is 13.9. The minimum Gasteiger partial charge on any atom is -0.356 e. The number of guanidine groups is 1. The van der Waals surface area contributed by atoms with Gasteiger partial charge in [0.05, 0.1) is 11.6 Å². The first-order valence-corrected chi connectivity index (χ1v) is 9.34. The van der Waals surface area contributed by atoms with Gasteiger partial charge in [-0.05, 0) is 25.0 Å². The maximum absolute atomic E-state index is 4.44. The molecule has 0 aromatic carbocycles. The van der Waals surface area contributed by atoms with Gasteiger partial charge in [-0.25, -0.2) is 4.98 Å². The van der Waals surface area contributed by atoms with E-state index in [0.717, 1.165) is 38.3 Å². The monoisotopic (exact) mass is 464 g/mol. The first-order chi connectivity index (χ1) is 10.7. The number of nitrogens with one attached hydrogen (secondary N) is 2. The zero-order valence-corrected chi connectivity index (χ0v) is 17.9. The van der Waals surface area contributed by atoms with Crippen LogP contribution < -0.4 is 10.6 Å². The van der Waals surface area contributed by atoms with Crippen molar-refractivity contribution in [1.29, 1.82) is 0 Å². The Morgan fingerprint density at radius 1 is 1.09 bits per heavy atom. The Morgan fingerprint density at radius 3 is 2.43 bits per heavy atom. The van der Waals surface area contributed by atoms with E-state index in [1.165, 1.54) is 19.6 Å². The second-order valence-electron chi connectivity index (χ2n) is 4.90. The predicted octanol–water partition coefficient (Wildman–Crippen LogP) is 3.86. The van der Waals surface area contributed by atoms with Gasteiger partial charge >= 0.3 is 0 Å². The molecule has 0 fully saturated rings. The molecule has 2 N–H and O–H groups in total. The second-order valence-corrected chi connectivity index (χ2v) is 7.35. The maximum Gasteiger partial charge on any atom is 0.191 e. The molecule has 2 rings (SSSR count). The molecule has 0 spiro atoms. The highest BCUT2D eigenvalue weighted by atomic mass is 127. The van der Waals surface area contributed by atoms with Gasteiger partial charge in [-0.15, -0.1) is 46.7 Å². The molecule has 4 nitrogen and oxygen atoms in total. The summed E-state index contributed by atoms with van der Waals surface area (Å²) in [5, 5.41) is 7.89. The summed E-state index contributed by atoms with van der Waals surface area (Å²) in [5.41, 5.74) is 0. The topological polar surface area (TPSA) is 49.3 Å². The Kier molecular flexibility index (Phi) is 9.73. The van der Waals surface area contributed by atoms with E-state index in [9.17, 15) is 0 Å². The normalized spacial score (nSPS) is 11.2. The molecule has 0 radical (unpaired) electrons. The third kappa shape index (κ3) is 6.76. The number of aryl methyl sites for hydroxylation is 2. The minimum absolute atomic E-state index is 0. The number of thiophene rings is 1. The van der Waals surface area contributed by atoms with Crippen LogP contribution in [0.4, 0.5) is 0 Å². The van der Waals surface area contributed by atoms with Gasteiger partial charge in [0.2, 0.25) is 0 Å². The number of aromatic nitrogens is 1. The molecule has 0 amide bonds. The quantitative estimate of drug-likeness (QED) is 0.372. The van der Waals surface area contributed by atoms with Crippen molar-refractivity contribution in [2.45, 2.75) is 39.7 Å². The van der Waals surface area contributed by atoms with E-state index in [2.05, 4.69) is 46.6 Å². The first kappa shape index (κ1) is 20.4. The lowest BCUT2D eigenvalue weighted by Crippen LogP contribution is -2.37. The predicted molar refractivity (Wildman–Crippen MR) is 113 cm³/mol. The van der Waals surface area contributed by atoms with Crippen molar-refractivity contribution >= 4 is 52.6 Å². The maximum atomic E-state index is 4.44. The van der Waals surface area contributed by atoms with Gasteiger partial charge < -0.3 is 10.6 Å². The second kappa shape index (κ2) is 11.0. The molecule has 0 bridgehead atoms. The number of aliphatic imine (C=N–C) groups is 1. The highest BCUT2D eigenvalue weighted by molar-refractivity contribution is 14.0. The molecule has 0 saturated carbocycles. The molecular weight excluding hydrogens is 439 g/mol. The fourth-order valence-corrected chi connectivity index (χ4v) is 3.77. The standard InChI is InChI=1S/C16H24N4S2.HI/c1-4-12-6-7-14(21-12)11-20-16(17-3)18-9-8-15-19-10-13(5-2)22-15;/h6-7,10H,4-5,8-9,11H2,1-3H3,(H2,17,18,20);1H. The van der Waals surface area contributed by atoms with Crippen molar-refractivity contribution < 1.29 is 0 Å². The van der Waals surface area contributed by atoms with E-state index >= 15 is 0 Å². The first-order valence-electron chi connectivity index (χ1n) is 7.70. The molecule has 23 heavy (non-hydrogen) atoms. The molecule has 0 unspecified atom stereocenters. The smallest absolute Gasteiger partial charge is 0.191 e. The third-order valence-electron chi connectivity index (χ3n) is 3.30. The SMILES string of the molecule is CCc1ccc(CNC(=NC)NCCc2ncc(CC)s2)s1.I. The number of hydrogen-bond acceptors (Lipinski definition) is 4. The average molecular weight is 464 g/mol. The Bertz CT molecular complexity index is 607. The molecule has 0 aliphatic rings. The van der Waals surface area contributed by atoms with Gasteiger partial charge in [0.1, 0.15) is 0 Å². The Hall–Kier alpha value is -0.670. The molecule has 0 aliphatic heterocycles. The highest BCUT2D eigenvalue weighted by Crippen LogP contribution is 2.16. The largest absolute Gasteiger partial charge is 0.356 e. The van der Waals surface area contributed by atoms with E-state index in [4.69, 9.17) is 0 Å². The van der Waals surface area contributed by atoms with Crippen LogP contribution in [0.3, 0.4) is 0 Å². The van der Waals surface area contributed by atoms with Crippen LogP contribution >= 0.6 is 46.7 Å². The van der Waals surface area contributed by atoms with Crippen LogP contribution in [0.25, 0.3) is 0 Å². The average Bonchev–Trinajstić information content (AvgIpc) is 3.19. The summed E-state index contributed by atoms with van der Waals surface area (Å²) in [7, 11) is 1.81. The number of halogens is 1. The molecule has 2 aromatic rings. The summed E-state index contributed by atoms with van der Waals surface area (Å²) in [6.45, 7) is 6.02. The Balaban J connectivity index is 0.00000264. The third-order valence-corrected chi connectivity index (χ3v) is 5.73. The summed E-state index contributed by atoms with van der Waals surface area (Å²) in [5.74, 6) is 0.846. The molecule has 7 heteroatoms. The van der Waals surface area contributed by atoms with E-state index in [1.54, 1.807) is 18.4 Å². The number of nitrogens with zero attached hydrogens (tertiary/aromatic N) is 2. The summed E-state index contributed by atoms with van der Waals surface area (Å²) < 4.78 is 0. The van der Waals surface area contributed by atoms with Gasteiger partial charge in [0.15, 0.2) is 5.96 Å². The summed E-state index contributed by atoms with van der Waals surface area (Å²) in [6.07, 6.45) is 5.08. The van der Waals surface area contributed by atoms with E-state index in [-0.39, 0.29) is 24.0 Å². The summed E-state index contributed by atoms with van der Waals surface area (Å²) in [6, 6.07) is 4.39. The van der Waals surface area contributed by atoms with Gasteiger partial charge in [0, 0.05) is 40.8 Å². The van der Waals surface area contributed by atoms with Crippen molar-refractivity contribution in [3.63, 3.8) is 0 Å². The van der Waals surface area contributed by atoms with Gasteiger partial charge in [0.25, 0.3) is 0 Å². The van der Waals surface area contributed by atoms with Crippen LogP contribution in [0.1, 0.15) is 33.5 Å². The lowest BCUT2D eigenvalue weighted by atomic mass is 10.3. The van der Waals surface area contributed by atoms with Gasteiger partial charge in [-0.1, -0.05) is 13.8 Å². The molecule has 0 aliphatic carbocycles. The zero-order chi connectivity index (χ0) is 15.8. The highest BCUT2D eigenvalue weighted by Gasteiger charge is 2.03. The van der Waals surface area contributed by atoms with Crippen LogP contribution in [0.2, 0.25) is 0 Å². The summed E-state index contributed by atoms with van der Waals surface area (Å²) >= 11 is 3.66. The van der Waals surface area contributed by atoms with Gasteiger partial charge in [-0.2, -0.15) is 0 Å². The molecule has 0 saturated heterocycles. The fraction of sp³-hybridized carbons (Fsp3) is 0.500. The lowest BCUT2D eigenvalue weighted by Gasteiger charge is -2.10. The minimum atomic E-state index is 0. The number of thiazole rings is 1. The van der Waals surface area contributed by atoms with Crippen molar-refractivity contribution in [2.75, 3.05) is 13.6 Å². The van der Waals surface area contributed by atoms with Crippen molar-refractivity contribution in [3.05, 3.63) is 38.0 Å². The Morgan fingerprint density at radius 2 is 1.83 bits per heavy atom. The fourth-order valence-electron chi connectivity index (χ4n) is 2.01. The Labute approximate surface area is 163 Å². The molecule has 0 atom stereocenters. The molecular formula is C16H25IN4S2. The van der Waals surface area contributed by atoms with Crippen LogP contribution in [0.15, 0.2) is 23.3 Å². The number of hydrogen-bond donors (Lipinski definition) is 2. The van der Waals surface area contributed by atoms with Crippen LogP contribution in [0.5, 0.6) is 0 Å². The van der Waals surface area contributed by atoms with Gasteiger partial charge in [-0.3, -0.25) is 4.99 Å². The van der Waals surface area contributed by atoms with E-state index in [0.29, 0.717) is 0 Å². The van der Waals surface area contributed by atoms with Crippen LogP contribution in [-0.4, -0.2) is 24.5 Å². The molecule has 128 valence electrons. The van der Waals surface area contributed by atoms with E-state index in [1.807, 2.05) is 17.5 Å². The molecule has 2 heterocycles. The lowest BCUT2D eigenvalue weighted by molar-refractivity contribution is 0.796. The van der Waals surface area contributed by atoms with Crippen molar-refractivity contribution in [1.82, 2.24) is 15.6 Å². The van der Waals surface area contributed by atoms with Crippen molar-refractivity contribution in [2.24, 2.45) is 4.99 Å². The van der Waals surface area contributed by atoms with Crippen LogP contribution in [0, 0.1) is 0 Å². The van der Waals surface area contributed by atoms with Crippen LogP contribution in [-0.2, 0) is 25.8 Å². The molecule has 2 aromatic heterocycles.